The van der Waals surface area contributed by atoms with Gasteiger partial charge in [-0.1, -0.05) is 11.6 Å². The second-order valence-corrected chi connectivity index (χ2v) is 11.7. The first-order valence-corrected chi connectivity index (χ1v) is 14.7. The van der Waals surface area contributed by atoms with E-state index in [2.05, 4.69) is 37.1 Å². The maximum atomic E-state index is 13.5. The maximum absolute atomic E-state index is 13.5. The molecule has 0 bridgehead atoms. The number of hydrogen-bond acceptors (Lipinski definition) is 12. The van der Waals surface area contributed by atoms with Crippen LogP contribution in [0.3, 0.4) is 0 Å². The number of nitrogens with zero attached hydrogens (tertiary/aromatic N) is 6. The quantitative estimate of drug-likeness (QED) is 0.343. The van der Waals surface area contributed by atoms with Crippen LogP contribution in [0.25, 0.3) is 0 Å². The number of nitrogens with two attached hydrogens (primary N) is 3. The van der Waals surface area contributed by atoms with Gasteiger partial charge in [0.2, 0.25) is 0 Å². The van der Waals surface area contributed by atoms with Crippen molar-refractivity contribution in [2.75, 3.05) is 90.3 Å². The average Bonchev–Trinajstić information content (AvgIpc) is 3.37. The molecule has 0 radical (unpaired) electrons. The summed E-state index contributed by atoms with van der Waals surface area (Å²) < 4.78 is 11.6. The Hall–Kier alpha value is -3.72. The zero-order chi connectivity index (χ0) is 30.7. The Balaban J connectivity index is 1.17. The third kappa shape index (κ3) is 6.93. The standard InChI is InChI=1S/C28H39ClN10O4/c1-37-7-9-38(10-8-37)11-12-43-22-19(29)13-17(14-20(22)42-2)27(41)39-5-3-28(4-6-39)15-18(16-33-28)34-26(40)21-23(30)36-25(32)24(31)35-21/h13-14,33H,3-12,15-16H2,1-2H3,(H2,31,35)(H4,30,32,36). The molecule has 43 heavy (non-hydrogen) atoms. The molecular formula is C28H39ClN10O4. The van der Waals surface area contributed by atoms with Crippen LogP contribution < -0.4 is 32.0 Å². The van der Waals surface area contributed by atoms with E-state index in [1.54, 1.807) is 17.0 Å². The lowest BCUT2D eigenvalue weighted by atomic mass is 9.85. The summed E-state index contributed by atoms with van der Waals surface area (Å²) in [5.74, 6) is -0.0936. The molecule has 3 saturated heterocycles. The van der Waals surface area contributed by atoms with Gasteiger partial charge in [-0.15, -0.1) is 0 Å². The van der Waals surface area contributed by atoms with E-state index in [-0.39, 0.29) is 34.6 Å². The minimum atomic E-state index is -0.615. The number of benzene rings is 1. The van der Waals surface area contributed by atoms with E-state index in [1.165, 1.54) is 7.11 Å². The van der Waals surface area contributed by atoms with Gasteiger partial charge in [-0.2, -0.15) is 0 Å². The monoisotopic (exact) mass is 614 g/mol. The normalized spacial score (nSPS) is 20.1. The molecule has 232 valence electrons. The van der Waals surface area contributed by atoms with Crippen molar-refractivity contribution in [2.45, 2.75) is 24.8 Å². The van der Waals surface area contributed by atoms with Gasteiger partial charge in [0.15, 0.2) is 34.6 Å². The average molecular weight is 615 g/mol. The minimum absolute atomic E-state index is 0.0359. The van der Waals surface area contributed by atoms with Gasteiger partial charge in [0.25, 0.3) is 11.8 Å². The molecule has 0 unspecified atom stereocenters. The zero-order valence-electron chi connectivity index (χ0n) is 24.6. The fourth-order valence-corrected chi connectivity index (χ4v) is 5.98. The first-order chi connectivity index (χ1) is 20.6. The number of rotatable bonds is 7. The molecule has 1 aromatic carbocycles. The van der Waals surface area contributed by atoms with Crippen LogP contribution >= 0.6 is 11.6 Å². The Bertz CT molecular complexity index is 1400. The molecule has 2 aromatic rings. The number of carbonyl (C=O) groups excluding carboxylic acids is 2. The molecule has 3 aliphatic rings. The summed E-state index contributed by atoms with van der Waals surface area (Å²) in [6, 6.07) is 3.33. The molecule has 7 N–H and O–H groups in total. The summed E-state index contributed by atoms with van der Waals surface area (Å²) in [5.41, 5.74) is 17.8. The van der Waals surface area contributed by atoms with E-state index < -0.39 is 5.91 Å². The van der Waals surface area contributed by atoms with Crippen LogP contribution in [-0.4, -0.2) is 121 Å². The van der Waals surface area contributed by atoms with Crippen molar-refractivity contribution in [3.05, 3.63) is 28.4 Å². The number of likely N-dealkylation sites (tertiary alicyclic amines) is 1. The van der Waals surface area contributed by atoms with Crippen LogP contribution in [0.15, 0.2) is 17.1 Å². The highest BCUT2D eigenvalue weighted by molar-refractivity contribution is 6.32. The van der Waals surface area contributed by atoms with Crippen LogP contribution in [0.4, 0.5) is 17.5 Å². The van der Waals surface area contributed by atoms with Crippen molar-refractivity contribution in [1.29, 1.82) is 0 Å². The molecule has 4 heterocycles. The summed E-state index contributed by atoms with van der Waals surface area (Å²) in [4.78, 5) is 44.7. The predicted molar refractivity (Wildman–Crippen MR) is 165 cm³/mol. The fourth-order valence-electron chi connectivity index (χ4n) is 5.72. The molecular weight excluding hydrogens is 576 g/mol. The van der Waals surface area contributed by atoms with Gasteiger partial charge in [0, 0.05) is 75.6 Å². The number of anilines is 3. The number of likely N-dealkylation sites (N-methyl/N-ethyl adjacent to an activating group) is 1. The molecule has 3 fully saturated rings. The molecule has 1 spiro atoms. The number of aromatic nitrogens is 2. The van der Waals surface area contributed by atoms with Crippen LogP contribution in [0, 0.1) is 0 Å². The molecule has 0 saturated carbocycles. The largest absolute Gasteiger partial charge is 0.493 e. The Morgan fingerprint density at radius 3 is 2.44 bits per heavy atom. The smallest absolute Gasteiger partial charge is 0.299 e. The number of nitrogen functional groups attached to an aromatic ring is 3. The summed E-state index contributed by atoms with van der Waals surface area (Å²) in [7, 11) is 3.66. The van der Waals surface area contributed by atoms with Crippen molar-refractivity contribution in [3.8, 4) is 11.5 Å². The van der Waals surface area contributed by atoms with Gasteiger partial charge in [0.1, 0.15) is 6.61 Å². The van der Waals surface area contributed by atoms with Gasteiger partial charge >= 0.3 is 0 Å². The van der Waals surface area contributed by atoms with Crippen LogP contribution in [0.2, 0.25) is 5.02 Å². The number of carbonyl (C=O) groups is 2. The second-order valence-electron chi connectivity index (χ2n) is 11.3. The molecule has 15 heteroatoms. The first kappa shape index (κ1) is 30.7. The fraction of sp³-hybridized carbons (Fsp3) is 0.536. The molecule has 3 aliphatic heterocycles. The highest BCUT2D eigenvalue weighted by atomic mass is 35.5. The Kier molecular flexibility index (Phi) is 9.20. The minimum Gasteiger partial charge on any atom is -0.493 e. The number of nitrogens with one attached hydrogen (secondary N) is 1. The Labute approximate surface area is 255 Å². The highest BCUT2D eigenvalue weighted by Crippen LogP contribution is 2.37. The van der Waals surface area contributed by atoms with Crippen molar-refractivity contribution in [1.82, 2.24) is 30.0 Å². The lowest BCUT2D eigenvalue weighted by molar-refractivity contribution is 0.0659. The molecule has 0 aliphatic carbocycles. The number of piperazine rings is 1. The van der Waals surface area contributed by atoms with E-state index in [0.29, 0.717) is 73.3 Å². The molecule has 1 aromatic heterocycles. The van der Waals surface area contributed by atoms with Crippen molar-refractivity contribution < 1.29 is 19.1 Å². The van der Waals surface area contributed by atoms with E-state index in [0.717, 1.165) is 32.7 Å². The lowest BCUT2D eigenvalue weighted by Crippen LogP contribution is -2.51. The van der Waals surface area contributed by atoms with Gasteiger partial charge in [-0.3, -0.25) is 14.5 Å². The number of piperidine rings is 1. The predicted octanol–water partition coefficient (Wildman–Crippen LogP) is 0.761. The van der Waals surface area contributed by atoms with Crippen LogP contribution in [-0.2, 0) is 0 Å². The molecule has 14 nitrogen and oxygen atoms in total. The summed E-state index contributed by atoms with van der Waals surface area (Å²) in [6.07, 6.45) is 1.96. The molecule has 0 atom stereocenters. The Morgan fingerprint density at radius 1 is 1.05 bits per heavy atom. The summed E-state index contributed by atoms with van der Waals surface area (Å²) in [5, 5.41) is 3.84. The highest BCUT2D eigenvalue weighted by Gasteiger charge is 2.41. The number of methoxy groups -OCH3 is 1. The molecule has 2 amide bonds. The van der Waals surface area contributed by atoms with E-state index >= 15 is 0 Å². The summed E-state index contributed by atoms with van der Waals surface area (Å²) >= 11 is 6.59. The van der Waals surface area contributed by atoms with Gasteiger partial charge in [0.05, 0.1) is 12.1 Å². The van der Waals surface area contributed by atoms with Gasteiger partial charge < -0.3 is 41.8 Å². The van der Waals surface area contributed by atoms with Crippen molar-refractivity contribution >= 4 is 46.6 Å². The maximum Gasteiger partial charge on any atom is 0.299 e. The van der Waals surface area contributed by atoms with Gasteiger partial charge in [-0.25, -0.2) is 15.0 Å². The number of amides is 2. The zero-order valence-corrected chi connectivity index (χ0v) is 25.3. The van der Waals surface area contributed by atoms with Crippen LogP contribution in [0.1, 0.15) is 40.1 Å². The van der Waals surface area contributed by atoms with Gasteiger partial charge in [-0.05, 0) is 32.0 Å². The summed E-state index contributed by atoms with van der Waals surface area (Å²) in [6.45, 7) is 6.84. The van der Waals surface area contributed by atoms with E-state index in [1.807, 2.05) is 0 Å². The lowest BCUT2D eigenvalue weighted by Gasteiger charge is -2.39. The second kappa shape index (κ2) is 12.9. The van der Waals surface area contributed by atoms with Crippen LogP contribution in [0.5, 0.6) is 11.5 Å². The third-order valence-electron chi connectivity index (χ3n) is 8.38. The van der Waals surface area contributed by atoms with Crippen molar-refractivity contribution in [3.63, 3.8) is 0 Å². The van der Waals surface area contributed by atoms with E-state index in [4.69, 9.17) is 38.3 Å². The topological polar surface area (TPSA) is 191 Å². The SMILES string of the molecule is COc1cc(C(=O)N2CCC3(CC2)CC(=NC(=O)c2nc(N)c(N)nc2N)CN3)cc(Cl)c1OCCN1CCN(C)CC1. The number of aliphatic imine (C=N–C) groups is 1. The first-order valence-electron chi connectivity index (χ1n) is 14.3. The van der Waals surface area contributed by atoms with Crippen molar-refractivity contribution in [2.24, 2.45) is 4.99 Å². The third-order valence-corrected chi connectivity index (χ3v) is 8.67. The van der Waals surface area contributed by atoms with E-state index in [9.17, 15) is 9.59 Å². The number of halogens is 1. The number of hydrogen-bond donors (Lipinski definition) is 4. The number of ether oxygens (including phenoxy) is 2. The molecule has 5 rings (SSSR count). The Morgan fingerprint density at radius 2 is 1.74 bits per heavy atom.